The Balaban J connectivity index is 1.87. The molecule has 3 nitrogen and oxygen atoms in total. The fourth-order valence-electron chi connectivity index (χ4n) is 1.86. The molecule has 0 spiro atoms. The van der Waals surface area contributed by atoms with E-state index in [1.54, 1.807) is 12.3 Å². The number of ketones is 1. The Morgan fingerprint density at radius 1 is 1.57 bits per heavy atom. The van der Waals surface area contributed by atoms with Crippen molar-refractivity contribution in [2.75, 3.05) is 6.54 Å². The quantitative estimate of drug-likeness (QED) is 0.746. The SMILES string of the molecule is O=C(CC1CCCCN1)c1ccoc1. The van der Waals surface area contributed by atoms with E-state index in [1.807, 2.05) is 0 Å². The van der Waals surface area contributed by atoms with Gasteiger partial charge >= 0.3 is 0 Å². The van der Waals surface area contributed by atoms with E-state index in [4.69, 9.17) is 4.42 Å². The van der Waals surface area contributed by atoms with Crippen molar-refractivity contribution in [3.63, 3.8) is 0 Å². The highest BCUT2D eigenvalue weighted by Crippen LogP contribution is 2.13. The first-order valence-corrected chi connectivity index (χ1v) is 5.15. The first-order valence-electron chi connectivity index (χ1n) is 5.15. The minimum Gasteiger partial charge on any atom is -0.472 e. The first kappa shape index (κ1) is 9.46. The van der Waals surface area contributed by atoms with Gasteiger partial charge in [-0.2, -0.15) is 0 Å². The van der Waals surface area contributed by atoms with Crippen LogP contribution in [0.1, 0.15) is 36.0 Å². The van der Waals surface area contributed by atoms with Crippen LogP contribution in [0.15, 0.2) is 23.0 Å². The predicted octanol–water partition coefficient (Wildman–Crippen LogP) is 1.99. The van der Waals surface area contributed by atoms with Crippen LogP contribution in [-0.4, -0.2) is 18.4 Å². The van der Waals surface area contributed by atoms with Gasteiger partial charge in [0.15, 0.2) is 5.78 Å². The molecule has 0 bridgehead atoms. The Morgan fingerprint density at radius 3 is 3.14 bits per heavy atom. The molecule has 2 heterocycles. The second-order valence-corrected chi connectivity index (χ2v) is 3.79. The molecule has 1 aromatic heterocycles. The molecular formula is C11H15NO2. The van der Waals surface area contributed by atoms with E-state index in [0.717, 1.165) is 13.0 Å². The monoisotopic (exact) mass is 193 g/mol. The van der Waals surface area contributed by atoms with Crippen molar-refractivity contribution in [2.45, 2.75) is 31.7 Å². The van der Waals surface area contributed by atoms with Gasteiger partial charge in [-0.05, 0) is 25.5 Å². The lowest BCUT2D eigenvalue weighted by molar-refractivity contribution is 0.0963. The number of furan rings is 1. The number of hydrogen-bond acceptors (Lipinski definition) is 3. The van der Waals surface area contributed by atoms with Crippen molar-refractivity contribution in [3.8, 4) is 0 Å². The standard InChI is InChI=1S/C11H15NO2/c13-11(9-4-6-14-8-9)7-10-3-1-2-5-12-10/h4,6,8,10,12H,1-3,5,7H2. The summed E-state index contributed by atoms with van der Waals surface area (Å²) in [6.45, 7) is 1.04. The van der Waals surface area contributed by atoms with Crippen molar-refractivity contribution >= 4 is 5.78 Å². The van der Waals surface area contributed by atoms with Gasteiger partial charge in [-0.3, -0.25) is 4.79 Å². The van der Waals surface area contributed by atoms with Crippen molar-refractivity contribution < 1.29 is 9.21 Å². The summed E-state index contributed by atoms with van der Waals surface area (Å²) in [6, 6.07) is 2.09. The highest BCUT2D eigenvalue weighted by Gasteiger charge is 2.17. The van der Waals surface area contributed by atoms with Crippen LogP contribution in [0, 0.1) is 0 Å². The lowest BCUT2D eigenvalue weighted by Gasteiger charge is -2.22. The molecule has 1 aromatic rings. The summed E-state index contributed by atoms with van der Waals surface area (Å²) in [5.41, 5.74) is 0.692. The third-order valence-electron chi connectivity index (χ3n) is 2.69. The van der Waals surface area contributed by atoms with E-state index >= 15 is 0 Å². The summed E-state index contributed by atoms with van der Waals surface area (Å²) in [5.74, 6) is 0.179. The van der Waals surface area contributed by atoms with Gasteiger partial charge in [-0.1, -0.05) is 6.42 Å². The van der Waals surface area contributed by atoms with Crippen LogP contribution in [0.3, 0.4) is 0 Å². The molecule has 1 unspecified atom stereocenters. The third kappa shape index (κ3) is 2.23. The summed E-state index contributed by atoms with van der Waals surface area (Å²) in [4.78, 5) is 11.7. The zero-order chi connectivity index (χ0) is 9.80. The highest BCUT2D eigenvalue weighted by molar-refractivity contribution is 5.96. The Labute approximate surface area is 83.5 Å². The average Bonchev–Trinajstić information content (AvgIpc) is 2.72. The van der Waals surface area contributed by atoms with Gasteiger partial charge < -0.3 is 9.73 Å². The smallest absolute Gasteiger partial charge is 0.167 e. The van der Waals surface area contributed by atoms with E-state index in [-0.39, 0.29) is 5.78 Å². The molecule has 1 N–H and O–H groups in total. The van der Waals surface area contributed by atoms with Gasteiger partial charge in [-0.15, -0.1) is 0 Å². The normalized spacial score (nSPS) is 22.1. The summed E-state index contributed by atoms with van der Waals surface area (Å²) in [5, 5.41) is 3.36. The van der Waals surface area contributed by atoms with Gasteiger partial charge in [0.05, 0.1) is 11.8 Å². The van der Waals surface area contributed by atoms with E-state index in [1.165, 1.54) is 19.1 Å². The number of rotatable bonds is 3. The summed E-state index contributed by atoms with van der Waals surface area (Å²) >= 11 is 0. The Morgan fingerprint density at radius 2 is 2.50 bits per heavy atom. The average molecular weight is 193 g/mol. The second-order valence-electron chi connectivity index (χ2n) is 3.79. The van der Waals surface area contributed by atoms with E-state index in [0.29, 0.717) is 18.0 Å². The van der Waals surface area contributed by atoms with Crippen LogP contribution in [0.25, 0.3) is 0 Å². The van der Waals surface area contributed by atoms with Crippen molar-refractivity contribution in [2.24, 2.45) is 0 Å². The van der Waals surface area contributed by atoms with Crippen molar-refractivity contribution in [1.29, 1.82) is 0 Å². The third-order valence-corrected chi connectivity index (χ3v) is 2.69. The number of nitrogens with one attached hydrogen (secondary N) is 1. The van der Waals surface area contributed by atoms with Crippen LogP contribution in [0.2, 0.25) is 0 Å². The van der Waals surface area contributed by atoms with Gasteiger partial charge in [0.2, 0.25) is 0 Å². The molecule has 0 aliphatic carbocycles. The zero-order valence-electron chi connectivity index (χ0n) is 8.16. The molecule has 0 radical (unpaired) electrons. The molecule has 1 saturated heterocycles. The number of carbonyl (C=O) groups is 1. The molecule has 14 heavy (non-hydrogen) atoms. The Bertz CT molecular complexity index is 286. The number of Topliss-reactive ketones (excluding diaryl/α,β-unsaturated/α-hetero) is 1. The fraction of sp³-hybridized carbons (Fsp3) is 0.545. The predicted molar refractivity (Wildman–Crippen MR) is 53.3 cm³/mol. The molecule has 0 saturated carbocycles. The molecule has 3 heteroatoms. The number of hydrogen-bond donors (Lipinski definition) is 1. The lowest BCUT2D eigenvalue weighted by Crippen LogP contribution is -2.35. The van der Waals surface area contributed by atoms with Crippen LogP contribution < -0.4 is 5.32 Å². The molecular weight excluding hydrogens is 178 g/mol. The van der Waals surface area contributed by atoms with Gasteiger partial charge in [0, 0.05) is 12.5 Å². The maximum Gasteiger partial charge on any atom is 0.167 e. The van der Waals surface area contributed by atoms with Crippen LogP contribution in [0.4, 0.5) is 0 Å². The van der Waals surface area contributed by atoms with E-state index in [2.05, 4.69) is 5.32 Å². The molecule has 1 aliphatic heterocycles. The van der Waals surface area contributed by atoms with Gasteiger partial charge in [0.25, 0.3) is 0 Å². The molecule has 1 fully saturated rings. The van der Waals surface area contributed by atoms with E-state index < -0.39 is 0 Å². The Hall–Kier alpha value is -1.09. The summed E-state index contributed by atoms with van der Waals surface area (Å²) in [6.07, 6.45) is 7.24. The highest BCUT2D eigenvalue weighted by atomic mass is 16.3. The summed E-state index contributed by atoms with van der Waals surface area (Å²) in [7, 11) is 0. The largest absolute Gasteiger partial charge is 0.472 e. The topological polar surface area (TPSA) is 42.2 Å². The van der Waals surface area contributed by atoms with Gasteiger partial charge in [0.1, 0.15) is 6.26 Å². The Kier molecular flexibility index (Phi) is 2.99. The minimum atomic E-state index is 0.179. The maximum atomic E-state index is 11.7. The molecule has 2 rings (SSSR count). The summed E-state index contributed by atoms with van der Waals surface area (Å²) < 4.78 is 4.88. The molecule has 0 aromatic carbocycles. The molecule has 76 valence electrons. The van der Waals surface area contributed by atoms with E-state index in [9.17, 15) is 4.79 Å². The van der Waals surface area contributed by atoms with Crippen molar-refractivity contribution in [3.05, 3.63) is 24.2 Å². The van der Waals surface area contributed by atoms with Gasteiger partial charge in [-0.25, -0.2) is 0 Å². The lowest BCUT2D eigenvalue weighted by atomic mass is 9.98. The number of carbonyl (C=O) groups excluding carboxylic acids is 1. The first-order chi connectivity index (χ1) is 6.86. The minimum absolute atomic E-state index is 0.179. The molecule has 0 amide bonds. The second kappa shape index (κ2) is 4.42. The van der Waals surface area contributed by atoms with Crippen LogP contribution >= 0.6 is 0 Å². The van der Waals surface area contributed by atoms with Crippen LogP contribution in [0.5, 0.6) is 0 Å². The fourth-order valence-corrected chi connectivity index (χ4v) is 1.86. The zero-order valence-corrected chi connectivity index (χ0v) is 8.16. The maximum absolute atomic E-state index is 11.7. The van der Waals surface area contributed by atoms with Crippen LogP contribution in [-0.2, 0) is 0 Å². The number of piperidine rings is 1. The molecule has 1 atom stereocenters. The van der Waals surface area contributed by atoms with Crippen molar-refractivity contribution in [1.82, 2.24) is 5.32 Å². The molecule has 1 aliphatic rings.